The minimum absolute atomic E-state index is 0.0895. The monoisotopic (exact) mass is 327 g/mol. The molecule has 1 aliphatic carbocycles. The highest BCUT2D eigenvalue weighted by Crippen LogP contribution is 2.21. The van der Waals surface area contributed by atoms with Crippen molar-refractivity contribution in [3.63, 3.8) is 0 Å². The van der Waals surface area contributed by atoms with Gasteiger partial charge in [-0.2, -0.15) is 0 Å². The first-order valence-corrected chi connectivity index (χ1v) is 8.70. The summed E-state index contributed by atoms with van der Waals surface area (Å²) in [6.45, 7) is 4.43. The fourth-order valence-corrected chi connectivity index (χ4v) is 3.33. The van der Waals surface area contributed by atoms with E-state index in [0.717, 1.165) is 30.5 Å². The molecule has 1 aromatic carbocycles. The number of benzene rings is 1. The van der Waals surface area contributed by atoms with Crippen molar-refractivity contribution in [1.29, 1.82) is 0 Å². The first-order chi connectivity index (χ1) is 11.6. The molecule has 5 nitrogen and oxygen atoms in total. The predicted molar refractivity (Wildman–Crippen MR) is 94.8 cm³/mol. The van der Waals surface area contributed by atoms with Gasteiger partial charge >= 0.3 is 6.03 Å². The number of rotatable bonds is 2. The lowest BCUT2D eigenvalue weighted by Crippen LogP contribution is -2.53. The Balaban J connectivity index is 1.50. The first kappa shape index (κ1) is 16.6. The number of allylic oxidation sites excluding steroid dienone is 2. The Morgan fingerprint density at radius 3 is 2.50 bits per heavy atom. The number of anilines is 1. The molecule has 0 bridgehead atoms. The number of piperazine rings is 1. The highest BCUT2D eigenvalue weighted by molar-refractivity contribution is 5.89. The summed E-state index contributed by atoms with van der Waals surface area (Å²) in [7, 11) is 0. The Bertz CT molecular complexity index is 633. The molecule has 1 heterocycles. The maximum absolute atomic E-state index is 12.5. The van der Waals surface area contributed by atoms with Crippen molar-refractivity contribution >= 4 is 17.6 Å². The summed E-state index contributed by atoms with van der Waals surface area (Å²) in [4.78, 5) is 28.6. The van der Waals surface area contributed by atoms with Crippen molar-refractivity contribution in [2.45, 2.75) is 26.2 Å². The summed E-state index contributed by atoms with van der Waals surface area (Å²) < 4.78 is 0. The van der Waals surface area contributed by atoms with Gasteiger partial charge in [0.05, 0.1) is 0 Å². The second kappa shape index (κ2) is 7.51. The van der Waals surface area contributed by atoms with Gasteiger partial charge < -0.3 is 15.1 Å². The summed E-state index contributed by atoms with van der Waals surface area (Å²) >= 11 is 0. The van der Waals surface area contributed by atoms with E-state index in [1.165, 1.54) is 0 Å². The van der Waals surface area contributed by atoms with Crippen LogP contribution in [0.25, 0.3) is 0 Å². The molecule has 1 aliphatic heterocycles. The van der Waals surface area contributed by atoms with Gasteiger partial charge in [0.25, 0.3) is 0 Å². The summed E-state index contributed by atoms with van der Waals surface area (Å²) in [5.41, 5.74) is 1.93. The van der Waals surface area contributed by atoms with E-state index in [1.54, 1.807) is 4.90 Å². The largest absolute Gasteiger partial charge is 0.339 e. The van der Waals surface area contributed by atoms with Gasteiger partial charge in [-0.3, -0.25) is 4.79 Å². The third-order valence-corrected chi connectivity index (χ3v) is 4.77. The number of hydrogen-bond donors (Lipinski definition) is 1. The lowest BCUT2D eigenvalue weighted by Gasteiger charge is -2.36. The first-order valence-electron chi connectivity index (χ1n) is 8.70. The Morgan fingerprint density at radius 1 is 1.08 bits per heavy atom. The van der Waals surface area contributed by atoms with Crippen LogP contribution in [0.2, 0.25) is 0 Å². The Labute approximate surface area is 143 Å². The average molecular weight is 327 g/mol. The number of amides is 3. The number of nitrogens with zero attached hydrogens (tertiary/aromatic N) is 2. The van der Waals surface area contributed by atoms with Crippen LogP contribution < -0.4 is 5.32 Å². The van der Waals surface area contributed by atoms with E-state index >= 15 is 0 Å². The van der Waals surface area contributed by atoms with E-state index in [4.69, 9.17) is 0 Å². The molecule has 24 heavy (non-hydrogen) atoms. The number of carbonyl (C=O) groups is 2. The molecule has 3 rings (SSSR count). The van der Waals surface area contributed by atoms with E-state index in [-0.39, 0.29) is 17.9 Å². The smallest absolute Gasteiger partial charge is 0.321 e. The summed E-state index contributed by atoms with van der Waals surface area (Å²) in [5, 5.41) is 2.93. The van der Waals surface area contributed by atoms with Crippen molar-refractivity contribution in [3.8, 4) is 0 Å². The van der Waals surface area contributed by atoms with Crippen LogP contribution in [-0.4, -0.2) is 47.9 Å². The fourth-order valence-electron chi connectivity index (χ4n) is 3.33. The van der Waals surface area contributed by atoms with Crippen LogP contribution in [0.15, 0.2) is 36.4 Å². The maximum atomic E-state index is 12.5. The van der Waals surface area contributed by atoms with Gasteiger partial charge in [-0.05, 0) is 43.9 Å². The van der Waals surface area contributed by atoms with Gasteiger partial charge in [-0.1, -0.05) is 24.3 Å². The highest BCUT2D eigenvalue weighted by Gasteiger charge is 2.28. The van der Waals surface area contributed by atoms with E-state index in [1.807, 2.05) is 36.1 Å². The third-order valence-electron chi connectivity index (χ3n) is 4.77. The molecule has 5 heteroatoms. The molecule has 1 saturated heterocycles. The van der Waals surface area contributed by atoms with E-state index in [0.29, 0.717) is 26.2 Å². The molecular formula is C19H25N3O2. The highest BCUT2D eigenvalue weighted by atomic mass is 16.2. The van der Waals surface area contributed by atoms with E-state index in [9.17, 15) is 9.59 Å². The van der Waals surface area contributed by atoms with Gasteiger partial charge in [0.2, 0.25) is 5.91 Å². The zero-order valence-electron chi connectivity index (χ0n) is 14.2. The number of aryl methyl sites for hydroxylation is 1. The zero-order valence-corrected chi connectivity index (χ0v) is 14.2. The molecule has 128 valence electrons. The van der Waals surface area contributed by atoms with Crippen LogP contribution in [0.4, 0.5) is 10.5 Å². The standard InChI is InChI=1S/C19H25N3O2/c1-15-6-5-9-17(14-15)20-19(24)22-12-10-21(11-13-22)18(23)16-7-3-2-4-8-16/h2-3,5-6,9,14,16H,4,7-8,10-13H2,1H3,(H,20,24)/t16-/m0/s1. The molecule has 0 spiro atoms. The minimum atomic E-state index is -0.0895. The molecule has 0 radical (unpaired) electrons. The molecule has 0 saturated carbocycles. The van der Waals surface area contributed by atoms with Crippen LogP contribution in [0, 0.1) is 12.8 Å². The van der Waals surface area contributed by atoms with E-state index < -0.39 is 0 Å². The van der Waals surface area contributed by atoms with E-state index in [2.05, 4.69) is 17.5 Å². The van der Waals surface area contributed by atoms with Crippen LogP contribution in [0.5, 0.6) is 0 Å². The fraction of sp³-hybridized carbons (Fsp3) is 0.474. The van der Waals surface area contributed by atoms with Gasteiger partial charge in [0.1, 0.15) is 0 Å². The van der Waals surface area contributed by atoms with Crippen molar-refractivity contribution in [1.82, 2.24) is 9.80 Å². The summed E-state index contributed by atoms with van der Waals surface area (Å²) in [6.07, 6.45) is 7.06. The van der Waals surface area contributed by atoms with Crippen LogP contribution in [-0.2, 0) is 4.79 Å². The van der Waals surface area contributed by atoms with Crippen LogP contribution in [0.1, 0.15) is 24.8 Å². The SMILES string of the molecule is Cc1cccc(NC(=O)N2CCN(C(=O)[C@H]3CC=CCC3)CC2)c1. The number of urea groups is 1. The van der Waals surface area contributed by atoms with Crippen LogP contribution >= 0.6 is 0 Å². The molecule has 1 N–H and O–H groups in total. The third kappa shape index (κ3) is 3.96. The summed E-state index contributed by atoms with van der Waals surface area (Å²) in [6, 6.07) is 7.68. The van der Waals surface area contributed by atoms with Crippen molar-refractivity contribution < 1.29 is 9.59 Å². The maximum Gasteiger partial charge on any atom is 0.321 e. The average Bonchev–Trinajstić information content (AvgIpc) is 2.62. The van der Waals surface area contributed by atoms with Crippen LogP contribution in [0.3, 0.4) is 0 Å². The van der Waals surface area contributed by atoms with Gasteiger partial charge in [-0.15, -0.1) is 0 Å². The quantitative estimate of drug-likeness (QED) is 0.849. The normalized spacial score (nSPS) is 20.8. The number of nitrogens with one attached hydrogen (secondary N) is 1. The Hall–Kier alpha value is -2.30. The van der Waals surface area contributed by atoms with Gasteiger partial charge in [0, 0.05) is 37.8 Å². The number of carbonyl (C=O) groups excluding carboxylic acids is 2. The topological polar surface area (TPSA) is 52.7 Å². The molecule has 3 amide bonds. The molecule has 0 unspecified atom stereocenters. The molecular weight excluding hydrogens is 302 g/mol. The van der Waals surface area contributed by atoms with Crippen molar-refractivity contribution in [3.05, 3.63) is 42.0 Å². The molecule has 2 aliphatic rings. The number of hydrogen-bond acceptors (Lipinski definition) is 2. The van der Waals surface area contributed by atoms with Crippen molar-refractivity contribution in [2.24, 2.45) is 5.92 Å². The lowest BCUT2D eigenvalue weighted by molar-refractivity contribution is -0.137. The summed E-state index contributed by atoms with van der Waals surface area (Å²) in [5.74, 6) is 0.376. The lowest BCUT2D eigenvalue weighted by atomic mass is 9.93. The minimum Gasteiger partial charge on any atom is -0.339 e. The second-order valence-corrected chi connectivity index (χ2v) is 6.59. The van der Waals surface area contributed by atoms with Gasteiger partial charge in [0.15, 0.2) is 0 Å². The Morgan fingerprint density at radius 2 is 1.83 bits per heavy atom. The second-order valence-electron chi connectivity index (χ2n) is 6.59. The van der Waals surface area contributed by atoms with Gasteiger partial charge in [-0.25, -0.2) is 4.79 Å². The molecule has 0 aromatic heterocycles. The molecule has 1 fully saturated rings. The zero-order chi connectivity index (χ0) is 16.9. The molecule has 1 atom stereocenters. The Kier molecular flexibility index (Phi) is 5.18. The van der Waals surface area contributed by atoms with Crippen molar-refractivity contribution in [2.75, 3.05) is 31.5 Å². The molecule has 1 aromatic rings. The predicted octanol–water partition coefficient (Wildman–Crippen LogP) is 3.03.